The first kappa shape index (κ1) is 23.7. The first-order valence-electron chi connectivity index (χ1n) is 10.9. The van der Waals surface area contributed by atoms with Gasteiger partial charge in [0.15, 0.2) is 5.56 Å². The SMILES string of the molecule is COC(=O)c1c(O)c2c(n(Cc3ccc(OC)cc3OC)c1=O)-c1ccc(Cl)cc1CCC2C. The normalized spacial score (nSPS) is 14.6. The Morgan fingerprint density at radius 3 is 2.59 bits per heavy atom. The van der Waals surface area contributed by atoms with Gasteiger partial charge in [0.2, 0.25) is 0 Å². The molecule has 4 rings (SSSR count). The van der Waals surface area contributed by atoms with Crippen LogP contribution in [0.2, 0.25) is 5.02 Å². The second-order valence-electron chi connectivity index (χ2n) is 8.29. The number of hydrogen-bond donors (Lipinski definition) is 1. The van der Waals surface area contributed by atoms with Crippen molar-refractivity contribution in [2.45, 2.75) is 32.2 Å². The predicted octanol–water partition coefficient (Wildman–Crippen LogP) is 4.78. The monoisotopic (exact) mass is 483 g/mol. The average molecular weight is 484 g/mol. The van der Waals surface area contributed by atoms with Crippen molar-refractivity contribution in [1.82, 2.24) is 4.57 Å². The Bertz CT molecular complexity index is 1330. The topological polar surface area (TPSA) is 87.0 Å². The van der Waals surface area contributed by atoms with Crippen LogP contribution in [0.5, 0.6) is 17.2 Å². The number of pyridine rings is 1. The molecule has 178 valence electrons. The van der Waals surface area contributed by atoms with Gasteiger partial charge < -0.3 is 23.9 Å². The van der Waals surface area contributed by atoms with Crippen LogP contribution in [0.25, 0.3) is 11.3 Å². The van der Waals surface area contributed by atoms with Gasteiger partial charge in [-0.25, -0.2) is 4.79 Å². The van der Waals surface area contributed by atoms with Gasteiger partial charge in [-0.3, -0.25) is 4.79 Å². The summed E-state index contributed by atoms with van der Waals surface area (Å²) < 4.78 is 17.2. The van der Waals surface area contributed by atoms with Crippen LogP contribution < -0.4 is 15.0 Å². The Morgan fingerprint density at radius 2 is 1.91 bits per heavy atom. The number of benzene rings is 2. The molecule has 0 radical (unpaired) electrons. The molecule has 1 aliphatic carbocycles. The summed E-state index contributed by atoms with van der Waals surface area (Å²) in [7, 11) is 4.28. The van der Waals surface area contributed by atoms with Crippen molar-refractivity contribution < 1.29 is 24.1 Å². The molecule has 1 N–H and O–H groups in total. The fourth-order valence-corrected chi connectivity index (χ4v) is 4.79. The summed E-state index contributed by atoms with van der Waals surface area (Å²) >= 11 is 6.27. The third-order valence-corrected chi connectivity index (χ3v) is 6.59. The molecule has 2 aromatic carbocycles. The molecule has 8 heteroatoms. The second kappa shape index (κ2) is 9.43. The number of rotatable bonds is 5. The molecule has 0 saturated carbocycles. The van der Waals surface area contributed by atoms with Crippen LogP contribution in [0.15, 0.2) is 41.2 Å². The Labute approximate surface area is 202 Å². The van der Waals surface area contributed by atoms with Crippen LogP contribution in [0.3, 0.4) is 0 Å². The highest BCUT2D eigenvalue weighted by atomic mass is 35.5. The largest absolute Gasteiger partial charge is 0.506 e. The van der Waals surface area contributed by atoms with Gasteiger partial charge >= 0.3 is 5.97 Å². The molecule has 1 aliphatic rings. The molecule has 0 aliphatic heterocycles. The summed E-state index contributed by atoms with van der Waals surface area (Å²) in [4.78, 5) is 26.3. The summed E-state index contributed by atoms with van der Waals surface area (Å²) in [6.07, 6.45) is 1.41. The number of carbonyl (C=O) groups excluding carboxylic acids is 1. The van der Waals surface area contributed by atoms with Crippen molar-refractivity contribution in [3.05, 3.63) is 74.0 Å². The number of ether oxygens (including phenoxy) is 3. The number of nitrogens with zero attached hydrogens (tertiary/aromatic N) is 1. The molecule has 0 spiro atoms. The maximum atomic E-state index is 13.7. The molecule has 1 aromatic heterocycles. The summed E-state index contributed by atoms with van der Waals surface area (Å²) in [5.41, 5.74) is 2.55. The van der Waals surface area contributed by atoms with E-state index in [1.165, 1.54) is 18.8 Å². The van der Waals surface area contributed by atoms with Gasteiger partial charge in [0.25, 0.3) is 5.56 Å². The molecule has 1 heterocycles. The minimum Gasteiger partial charge on any atom is -0.506 e. The van der Waals surface area contributed by atoms with E-state index in [9.17, 15) is 14.7 Å². The molecular weight excluding hydrogens is 458 g/mol. The molecule has 0 saturated heterocycles. The number of aromatic hydroxyl groups is 1. The number of methoxy groups -OCH3 is 3. The van der Waals surface area contributed by atoms with Crippen LogP contribution in [0, 0.1) is 0 Å². The predicted molar refractivity (Wildman–Crippen MR) is 130 cm³/mol. The molecule has 0 bridgehead atoms. The van der Waals surface area contributed by atoms with Crippen molar-refractivity contribution in [2.75, 3.05) is 21.3 Å². The van der Waals surface area contributed by atoms with Gasteiger partial charge in [0.05, 0.1) is 33.6 Å². The summed E-state index contributed by atoms with van der Waals surface area (Å²) in [5.74, 6) is -0.199. The number of fused-ring (bicyclic) bond motifs is 3. The number of esters is 1. The van der Waals surface area contributed by atoms with E-state index < -0.39 is 11.5 Å². The third kappa shape index (κ3) is 4.01. The van der Waals surface area contributed by atoms with Crippen LogP contribution in [-0.4, -0.2) is 37.0 Å². The molecule has 34 heavy (non-hydrogen) atoms. The van der Waals surface area contributed by atoms with Gasteiger partial charge in [-0.1, -0.05) is 24.6 Å². The van der Waals surface area contributed by atoms with E-state index in [1.807, 2.05) is 25.1 Å². The van der Waals surface area contributed by atoms with E-state index in [4.69, 9.17) is 25.8 Å². The number of aryl methyl sites for hydroxylation is 1. The molecular formula is C26H26ClNO6. The zero-order valence-electron chi connectivity index (χ0n) is 19.5. The maximum Gasteiger partial charge on any atom is 0.347 e. The quantitative estimate of drug-likeness (QED) is 0.526. The molecule has 0 fully saturated rings. The summed E-state index contributed by atoms with van der Waals surface area (Å²) in [6, 6.07) is 10.8. The fourth-order valence-electron chi connectivity index (χ4n) is 4.59. The van der Waals surface area contributed by atoms with Crippen molar-refractivity contribution in [3.8, 4) is 28.5 Å². The highest BCUT2D eigenvalue weighted by Crippen LogP contribution is 2.44. The third-order valence-electron chi connectivity index (χ3n) is 6.35. The lowest BCUT2D eigenvalue weighted by Crippen LogP contribution is -2.30. The number of aromatic nitrogens is 1. The first-order valence-corrected chi connectivity index (χ1v) is 11.3. The summed E-state index contributed by atoms with van der Waals surface area (Å²) in [6.45, 7) is 2.07. The van der Waals surface area contributed by atoms with Crippen LogP contribution in [0.4, 0.5) is 0 Å². The molecule has 0 amide bonds. The number of carbonyl (C=O) groups is 1. The van der Waals surface area contributed by atoms with Crippen LogP contribution in [-0.2, 0) is 17.7 Å². The lowest BCUT2D eigenvalue weighted by Gasteiger charge is -2.23. The fraction of sp³-hybridized carbons (Fsp3) is 0.308. The number of halogens is 1. The van der Waals surface area contributed by atoms with E-state index in [0.717, 1.165) is 11.1 Å². The lowest BCUT2D eigenvalue weighted by atomic mass is 9.92. The van der Waals surface area contributed by atoms with Gasteiger partial charge in [-0.15, -0.1) is 0 Å². The molecule has 1 unspecified atom stereocenters. The highest BCUT2D eigenvalue weighted by Gasteiger charge is 2.32. The van der Waals surface area contributed by atoms with E-state index in [0.29, 0.717) is 46.2 Å². The van der Waals surface area contributed by atoms with E-state index in [-0.39, 0.29) is 23.8 Å². The zero-order chi connectivity index (χ0) is 24.6. The van der Waals surface area contributed by atoms with Crippen LogP contribution in [0.1, 0.15) is 46.3 Å². The van der Waals surface area contributed by atoms with E-state index in [1.54, 1.807) is 25.3 Å². The Hall–Kier alpha value is -3.45. The van der Waals surface area contributed by atoms with Gasteiger partial charge in [0.1, 0.15) is 17.2 Å². The van der Waals surface area contributed by atoms with Crippen LogP contribution >= 0.6 is 11.6 Å². The van der Waals surface area contributed by atoms with Crippen molar-refractivity contribution in [1.29, 1.82) is 0 Å². The second-order valence-corrected chi connectivity index (χ2v) is 8.72. The summed E-state index contributed by atoms with van der Waals surface area (Å²) in [5, 5.41) is 11.8. The molecule has 1 atom stereocenters. The minimum absolute atomic E-state index is 0.105. The van der Waals surface area contributed by atoms with Crippen molar-refractivity contribution in [2.24, 2.45) is 0 Å². The maximum absolute atomic E-state index is 13.7. The number of hydrogen-bond acceptors (Lipinski definition) is 6. The van der Waals surface area contributed by atoms with Gasteiger partial charge in [-0.05, 0) is 48.6 Å². The minimum atomic E-state index is -0.881. The zero-order valence-corrected chi connectivity index (χ0v) is 20.2. The highest BCUT2D eigenvalue weighted by molar-refractivity contribution is 6.30. The standard InChI is InChI=1S/C26H26ClNO6/c1-14-5-6-15-11-17(27)8-10-19(15)23-21(14)24(29)22(26(31)34-4)25(30)28(23)13-16-7-9-18(32-2)12-20(16)33-3/h7-12,14,29H,5-6,13H2,1-4H3. The Balaban J connectivity index is 2.07. The average Bonchev–Trinajstić information content (AvgIpc) is 2.97. The van der Waals surface area contributed by atoms with Crippen molar-refractivity contribution in [3.63, 3.8) is 0 Å². The van der Waals surface area contributed by atoms with Crippen molar-refractivity contribution >= 4 is 17.6 Å². The first-order chi connectivity index (χ1) is 16.3. The smallest absolute Gasteiger partial charge is 0.347 e. The Kier molecular flexibility index (Phi) is 6.57. The van der Waals surface area contributed by atoms with E-state index in [2.05, 4.69) is 0 Å². The van der Waals surface area contributed by atoms with Gasteiger partial charge in [0, 0.05) is 27.8 Å². The molecule has 3 aromatic rings. The Morgan fingerprint density at radius 1 is 1.15 bits per heavy atom. The molecule has 7 nitrogen and oxygen atoms in total. The lowest BCUT2D eigenvalue weighted by molar-refractivity contribution is 0.0594. The van der Waals surface area contributed by atoms with E-state index >= 15 is 0 Å². The van der Waals surface area contributed by atoms with Gasteiger partial charge in [-0.2, -0.15) is 0 Å².